The molecule has 31 heavy (non-hydrogen) atoms. The zero-order chi connectivity index (χ0) is 21.8. The molecule has 0 bridgehead atoms. The van der Waals surface area contributed by atoms with Gasteiger partial charge in [-0.05, 0) is 61.5 Å². The molecule has 0 saturated carbocycles. The largest absolute Gasteiger partial charge is 0.508 e. The Labute approximate surface area is 181 Å². The van der Waals surface area contributed by atoms with E-state index in [2.05, 4.69) is 10.2 Å². The van der Waals surface area contributed by atoms with Gasteiger partial charge in [-0.2, -0.15) is 0 Å². The van der Waals surface area contributed by atoms with E-state index in [-0.39, 0.29) is 29.3 Å². The lowest BCUT2D eigenvalue weighted by Gasteiger charge is -2.36. The number of anilines is 2. The molecule has 164 valence electrons. The maximum absolute atomic E-state index is 13.1. The number of nitrogens with zero attached hydrogens (tertiary/aromatic N) is 3. The molecule has 0 aromatic heterocycles. The fraction of sp³-hybridized carbons (Fsp3) is 0.391. The molecule has 2 aliphatic rings. The quantitative estimate of drug-likeness (QED) is 0.717. The van der Waals surface area contributed by atoms with Crippen LogP contribution >= 0.6 is 0 Å². The van der Waals surface area contributed by atoms with E-state index in [0.29, 0.717) is 31.9 Å². The van der Waals surface area contributed by atoms with Gasteiger partial charge in [0, 0.05) is 44.1 Å². The van der Waals surface area contributed by atoms with Crippen molar-refractivity contribution in [2.24, 2.45) is 5.92 Å². The summed E-state index contributed by atoms with van der Waals surface area (Å²) in [7, 11) is 0. The minimum absolute atomic E-state index is 0.0615. The van der Waals surface area contributed by atoms with Crippen molar-refractivity contribution in [3.63, 3.8) is 0 Å². The van der Waals surface area contributed by atoms with Gasteiger partial charge in [-0.25, -0.2) is 4.39 Å². The van der Waals surface area contributed by atoms with Gasteiger partial charge in [0.05, 0.1) is 12.5 Å². The lowest BCUT2D eigenvalue weighted by molar-refractivity contribution is -0.132. The molecule has 2 aromatic carbocycles. The summed E-state index contributed by atoms with van der Waals surface area (Å²) in [6.07, 6.45) is 0.718. The number of carbonyl (C=O) groups is 2. The molecule has 0 aliphatic carbocycles. The average Bonchev–Trinajstić information content (AvgIpc) is 3.25. The number of amides is 2. The predicted octanol–water partition coefficient (Wildman–Crippen LogP) is 2.14. The van der Waals surface area contributed by atoms with E-state index in [1.54, 1.807) is 24.3 Å². The van der Waals surface area contributed by atoms with Crippen LogP contribution in [0.1, 0.15) is 6.42 Å². The smallest absolute Gasteiger partial charge is 0.236 e. The number of hydrogen-bond acceptors (Lipinski definition) is 5. The lowest BCUT2D eigenvalue weighted by atomic mass is 10.1. The van der Waals surface area contributed by atoms with Gasteiger partial charge in [-0.3, -0.25) is 14.5 Å². The number of phenols is 1. The maximum Gasteiger partial charge on any atom is 0.236 e. The predicted molar refractivity (Wildman–Crippen MR) is 116 cm³/mol. The van der Waals surface area contributed by atoms with E-state index in [0.717, 1.165) is 31.7 Å². The fourth-order valence-corrected chi connectivity index (χ4v) is 4.14. The minimum atomic E-state index is -0.252. The normalized spacial score (nSPS) is 19.5. The van der Waals surface area contributed by atoms with Crippen LogP contribution < -0.4 is 10.2 Å². The first-order valence-corrected chi connectivity index (χ1v) is 10.6. The SMILES string of the molecule is O=C(Nc1ccc(O)cc1)C1CCN(CC(=O)N2CCN(c3ccc(F)cc3)CC2)C1. The molecule has 7 nitrogen and oxygen atoms in total. The second-order valence-electron chi connectivity index (χ2n) is 8.10. The van der Waals surface area contributed by atoms with Gasteiger partial charge in [0.2, 0.25) is 11.8 Å². The van der Waals surface area contributed by atoms with Gasteiger partial charge in [0.15, 0.2) is 0 Å². The van der Waals surface area contributed by atoms with E-state index in [1.807, 2.05) is 9.80 Å². The van der Waals surface area contributed by atoms with E-state index >= 15 is 0 Å². The Morgan fingerprint density at radius 2 is 1.65 bits per heavy atom. The second-order valence-corrected chi connectivity index (χ2v) is 8.10. The first-order chi connectivity index (χ1) is 15.0. The minimum Gasteiger partial charge on any atom is -0.508 e. The molecule has 1 unspecified atom stereocenters. The molecule has 2 fully saturated rings. The molecular formula is C23H27FN4O3. The van der Waals surface area contributed by atoms with Crippen LogP contribution in [0.4, 0.5) is 15.8 Å². The highest BCUT2D eigenvalue weighted by Gasteiger charge is 2.31. The van der Waals surface area contributed by atoms with Crippen molar-refractivity contribution in [1.82, 2.24) is 9.80 Å². The Kier molecular flexibility index (Phi) is 6.36. The molecule has 0 spiro atoms. The summed E-state index contributed by atoms with van der Waals surface area (Å²) in [5.74, 6) is -0.232. The van der Waals surface area contributed by atoms with E-state index in [1.165, 1.54) is 24.3 Å². The van der Waals surface area contributed by atoms with Crippen molar-refractivity contribution in [3.05, 3.63) is 54.3 Å². The van der Waals surface area contributed by atoms with Crippen molar-refractivity contribution in [2.45, 2.75) is 6.42 Å². The maximum atomic E-state index is 13.1. The highest BCUT2D eigenvalue weighted by Crippen LogP contribution is 2.21. The van der Waals surface area contributed by atoms with Gasteiger partial charge in [-0.15, -0.1) is 0 Å². The number of phenolic OH excluding ortho intramolecular Hbond substituents is 1. The first-order valence-electron chi connectivity index (χ1n) is 10.6. The molecule has 8 heteroatoms. The van der Waals surface area contributed by atoms with Crippen LogP contribution in [0.5, 0.6) is 5.75 Å². The Hall–Kier alpha value is -3.13. The van der Waals surface area contributed by atoms with Crippen LogP contribution in [0.25, 0.3) is 0 Å². The Morgan fingerprint density at radius 3 is 2.32 bits per heavy atom. The van der Waals surface area contributed by atoms with Gasteiger partial charge >= 0.3 is 0 Å². The van der Waals surface area contributed by atoms with Crippen LogP contribution in [-0.4, -0.2) is 72.5 Å². The third kappa shape index (κ3) is 5.32. The first kappa shape index (κ1) is 21.1. The third-order valence-corrected chi connectivity index (χ3v) is 5.96. The van der Waals surface area contributed by atoms with E-state index in [4.69, 9.17) is 0 Å². The Morgan fingerprint density at radius 1 is 0.968 bits per heavy atom. The third-order valence-electron chi connectivity index (χ3n) is 5.96. The number of carbonyl (C=O) groups excluding carboxylic acids is 2. The summed E-state index contributed by atoms with van der Waals surface area (Å²) in [6, 6.07) is 12.8. The van der Waals surface area contributed by atoms with Gasteiger partial charge < -0.3 is 20.2 Å². The number of likely N-dealkylation sites (tertiary alicyclic amines) is 1. The number of nitrogens with one attached hydrogen (secondary N) is 1. The van der Waals surface area contributed by atoms with Crippen LogP contribution in [-0.2, 0) is 9.59 Å². The van der Waals surface area contributed by atoms with Crippen molar-refractivity contribution in [3.8, 4) is 5.75 Å². The van der Waals surface area contributed by atoms with Crippen LogP contribution in [0.2, 0.25) is 0 Å². The molecule has 2 N–H and O–H groups in total. The summed E-state index contributed by atoms with van der Waals surface area (Å²) >= 11 is 0. The summed E-state index contributed by atoms with van der Waals surface area (Å²) < 4.78 is 13.1. The monoisotopic (exact) mass is 426 g/mol. The molecule has 2 aliphatic heterocycles. The number of piperazine rings is 1. The molecule has 0 radical (unpaired) electrons. The van der Waals surface area contributed by atoms with E-state index in [9.17, 15) is 19.1 Å². The van der Waals surface area contributed by atoms with Gasteiger partial charge in [0.25, 0.3) is 0 Å². The molecule has 2 saturated heterocycles. The molecule has 2 amide bonds. The van der Waals surface area contributed by atoms with Crippen LogP contribution in [0.15, 0.2) is 48.5 Å². The van der Waals surface area contributed by atoms with Crippen molar-refractivity contribution in [1.29, 1.82) is 0 Å². The van der Waals surface area contributed by atoms with Crippen LogP contribution in [0.3, 0.4) is 0 Å². The summed E-state index contributed by atoms with van der Waals surface area (Å²) in [5, 5.41) is 12.2. The fourth-order valence-electron chi connectivity index (χ4n) is 4.14. The number of rotatable bonds is 5. The molecule has 2 aromatic rings. The highest BCUT2D eigenvalue weighted by atomic mass is 19.1. The number of aromatic hydroxyl groups is 1. The van der Waals surface area contributed by atoms with Crippen LogP contribution in [0, 0.1) is 11.7 Å². The van der Waals surface area contributed by atoms with E-state index < -0.39 is 0 Å². The standard InChI is InChI=1S/C23H27FN4O3/c24-18-1-5-20(6-2-18)27-11-13-28(14-12-27)22(30)16-26-10-9-17(15-26)23(31)25-19-3-7-21(29)8-4-19/h1-8,17,29H,9-16H2,(H,25,31). The molecule has 2 heterocycles. The van der Waals surface area contributed by atoms with Crippen molar-refractivity contribution < 1.29 is 19.1 Å². The molecule has 4 rings (SSSR count). The number of hydrogen-bond donors (Lipinski definition) is 2. The summed E-state index contributed by atoms with van der Waals surface area (Å²) in [4.78, 5) is 31.3. The number of benzene rings is 2. The summed E-state index contributed by atoms with van der Waals surface area (Å²) in [5.41, 5.74) is 1.62. The van der Waals surface area contributed by atoms with Crippen molar-refractivity contribution >= 4 is 23.2 Å². The second kappa shape index (κ2) is 9.34. The molecular weight excluding hydrogens is 399 g/mol. The van der Waals surface area contributed by atoms with Crippen molar-refractivity contribution in [2.75, 3.05) is 56.0 Å². The lowest BCUT2D eigenvalue weighted by Crippen LogP contribution is -2.51. The molecule has 1 atom stereocenters. The average molecular weight is 426 g/mol. The highest BCUT2D eigenvalue weighted by molar-refractivity contribution is 5.93. The van der Waals surface area contributed by atoms with Gasteiger partial charge in [-0.1, -0.05) is 0 Å². The van der Waals surface area contributed by atoms with Gasteiger partial charge in [0.1, 0.15) is 11.6 Å². The zero-order valence-corrected chi connectivity index (χ0v) is 17.3. The Balaban J connectivity index is 1.22. The summed E-state index contributed by atoms with van der Waals surface area (Å²) in [6.45, 7) is 4.30. The zero-order valence-electron chi connectivity index (χ0n) is 17.3. The Bertz CT molecular complexity index is 911. The number of halogens is 1. The topological polar surface area (TPSA) is 76.1 Å².